The summed E-state index contributed by atoms with van der Waals surface area (Å²) in [5.74, 6) is -0.113. The zero-order valence-electron chi connectivity index (χ0n) is 20.5. The molecule has 1 unspecified atom stereocenters. The molecule has 1 saturated heterocycles. The minimum atomic E-state index is -1.19. The van der Waals surface area contributed by atoms with Gasteiger partial charge in [-0.1, -0.05) is 39.3 Å². The average Bonchev–Trinajstić information content (AvgIpc) is 2.98. The van der Waals surface area contributed by atoms with Crippen molar-refractivity contribution in [2.24, 2.45) is 34.5 Å². The summed E-state index contributed by atoms with van der Waals surface area (Å²) in [4.78, 5) is 25.8. The molecule has 5 rings (SSSR count). The fourth-order valence-corrected chi connectivity index (χ4v) is 9.34. The van der Waals surface area contributed by atoms with Crippen LogP contribution in [0.3, 0.4) is 0 Å². The monoisotopic (exact) mass is 476 g/mol. The van der Waals surface area contributed by atoms with Gasteiger partial charge in [0.25, 0.3) is 5.97 Å². The first-order valence-electron chi connectivity index (χ1n) is 12.7. The van der Waals surface area contributed by atoms with Gasteiger partial charge >= 0.3 is 0 Å². The van der Waals surface area contributed by atoms with Crippen molar-refractivity contribution in [3.8, 4) is 0 Å². The van der Waals surface area contributed by atoms with Crippen molar-refractivity contribution < 1.29 is 23.8 Å². The van der Waals surface area contributed by atoms with E-state index in [0.717, 1.165) is 19.3 Å². The van der Waals surface area contributed by atoms with Gasteiger partial charge in [0, 0.05) is 29.2 Å². The molecule has 4 fully saturated rings. The molecule has 0 bridgehead atoms. The van der Waals surface area contributed by atoms with Gasteiger partial charge in [-0.2, -0.15) is 0 Å². The molecule has 1 heterocycles. The zero-order chi connectivity index (χ0) is 23.8. The smallest absolute Gasteiger partial charge is 0.284 e. The number of ketones is 2. The molecule has 9 atom stereocenters. The van der Waals surface area contributed by atoms with Crippen LogP contribution in [-0.4, -0.2) is 41.7 Å². The van der Waals surface area contributed by atoms with Gasteiger partial charge < -0.3 is 14.2 Å². The quantitative estimate of drug-likeness (QED) is 0.523. The highest BCUT2D eigenvalue weighted by atomic mass is 35.5. The second-order valence-corrected chi connectivity index (χ2v) is 11.9. The average molecular weight is 477 g/mol. The van der Waals surface area contributed by atoms with Crippen LogP contribution in [-0.2, 0) is 23.8 Å². The lowest BCUT2D eigenvalue weighted by molar-refractivity contribution is -0.433. The van der Waals surface area contributed by atoms with Gasteiger partial charge in [-0.15, -0.1) is 11.6 Å². The molecule has 33 heavy (non-hydrogen) atoms. The maximum atomic E-state index is 13.7. The molecule has 1 spiro atoms. The Morgan fingerprint density at radius 3 is 2.70 bits per heavy atom. The third kappa shape index (κ3) is 3.01. The van der Waals surface area contributed by atoms with Crippen LogP contribution in [0.4, 0.5) is 0 Å². The van der Waals surface area contributed by atoms with E-state index in [1.165, 1.54) is 5.57 Å². The summed E-state index contributed by atoms with van der Waals surface area (Å²) in [7, 11) is 0. The molecule has 0 aromatic carbocycles. The highest BCUT2D eigenvalue weighted by molar-refractivity contribution is 6.21. The summed E-state index contributed by atoms with van der Waals surface area (Å²) in [5, 5.41) is -0.118. The number of ether oxygens (including phenoxy) is 3. The summed E-state index contributed by atoms with van der Waals surface area (Å²) in [6.07, 6.45) is 9.69. The molecule has 0 N–H and O–H groups in total. The largest absolute Gasteiger partial charge is 0.328 e. The second kappa shape index (κ2) is 7.74. The van der Waals surface area contributed by atoms with Gasteiger partial charge in [-0.3, -0.25) is 9.59 Å². The first kappa shape index (κ1) is 23.7. The highest BCUT2D eigenvalue weighted by Gasteiger charge is 2.74. The maximum absolute atomic E-state index is 13.7. The van der Waals surface area contributed by atoms with Crippen LogP contribution < -0.4 is 0 Å². The second-order valence-electron chi connectivity index (χ2n) is 11.3. The van der Waals surface area contributed by atoms with Gasteiger partial charge in [0.2, 0.25) is 0 Å². The van der Waals surface area contributed by atoms with E-state index in [0.29, 0.717) is 31.3 Å². The highest BCUT2D eigenvalue weighted by Crippen LogP contribution is 2.70. The van der Waals surface area contributed by atoms with Gasteiger partial charge in [0.05, 0.1) is 0 Å². The summed E-state index contributed by atoms with van der Waals surface area (Å²) in [6.45, 7) is 11.0. The molecular formula is C27H37ClO5. The van der Waals surface area contributed by atoms with Gasteiger partial charge in [-0.25, -0.2) is 0 Å². The first-order chi connectivity index (χ1) is 15.6. The van der Waals surface area contributed by atoms with Crippen molar-refractivity contribution in [3.63, 3.8) is 0 Å². The van der Waals surface area contributed by atoms with Gasteiger partial charge in [0.1, 0.15) is 12.2 Å². The molecule has 0 amide bonds. The number of hydrogen-bond donors (Lipinski definition) is 0. The molecule has 0 aromatic heterocycles. The van der Waals surface area contributed by atoms with Crippen molar-refractivity contribution in [1.82, 2.24) is 0 Å². The van der Waals surface area contributed by atoms with E-state index in [9.17, 15) is 9.59 Å². The Balaban J connectivity index is 1.57. The van der Waals surface area contributed by atoms with Gasteiger partial charge in [0.15, 0.2) is 11.6 Å². The van der Waals surface area contributed by atoms with E-state index >= 15 is 0 Å². The summed E-state index contributed by atoms with van der Waals surface area (Å²) < 4.78 is 18.6. The molecule has 0 radical (unpaired) electrons. The molecule has 4 aliphatic carbocycles. The third-order valence-electron chi connectivity index (χ3n) is 9.95. The lowest BCUT2D eigenvalue weighted by Crippen LogP contribution is -2.68. The van der Waals surface area contributed by atoms with Crippen molar-refractivity contribution in [2.75, 3.05) is 13.2 Å². The van der Waals surface area contributed by atoms with E-state index in [2.05, 4.69) is 26.8 Å². The summed E-state index contributed by atoms with van der Waals surface area (Å²) in [6, 6.07) is 0. The van der Waals surface area contributed by atoms with E-state index in [1.807, 2.05) is 19.9 Å². The van der Waals surface area contributed by atoms with Crippen LogP contribution in [0.2, 0.25) is 0 Å². The minimum Gasteiger partial charge on any atom is -0.328 e. The Bertz CT molecular complexity index is 927. The normalized spacial score (nSPS) is 51.2. The van der Waals surface area contributed by atoms with Crippen LogP contribution in [0, 0.1) is 34.5 Å². The van der Waals surface area contributed by atoms with Crippen molar-refractivity contribution in [2.45, 2.75) is 83.7 Å². The van der Waals surface area contributed by atoms with E-state index in [4.69, 9.17) is 25.8 Å². The van der Waals surface area contributed by atoms with Crippen molar-refractivity contribution in [1.29, 1.82) is 0 Å². The fraction of sp³-hybridized carbons (Fsp3) is 0.778. The number of allylic oxidation sites excluding steroid dienone is 4. The summed E-state index contributed by atoms with van der Waals surface area (Å²) >= 11 is 7.28. The summed E-state index contributed by atoms with van der Waals surface area (Å²) in [5.41, 5.74) is -0.354. The van der Waals surface area contributed by atoms with Crippen molar-refractivity contribution >= 4 is 23.2 Å². The lowest BCUT2D eigenvalue weighted by atomic mass is 9.46. The predicted molar refractivity (Wildman–Crippen MR) is 126 cm³/mol. The molecule has 6 heteroatoms. The Morgan fingerprint density at radius 2 is 2.00 bits per heavy atom. The van der Waals surface area contributed by atoms with E-state index in [1.54, 1.807) is 6.08 Å². The third-order valence-corrected chi connectivity index (χ3v) is 10.4. The Morgan fingerprint density at radius 1 is 1.24 bits per heavy atom. The van der Waals surface area contributed by atoms with Crippen molar-refractivity contribution in [3.05, 3.63) is 23.8 Å². The van der Waals surface area contributed by atoms with Crippen LogP contribution in [0.15, 0.2) is 23.8 Å². The van der Waals surface area contributed by atoms with Crippen LogP contribution in [0.1, 0.15) is 66.7 Å². The number of alkyl halides is 1. The van der Waals surface area contributed by atoms with E-state index < -0.39 is 17.0 Å². The Labute approximate surface area is 202 Å². The number of Topliss-reactive ketones (excluding diaryl/α,β-unsaturated/α-hetero) is 1. The molecule has 1 aliphatic heterocycles. The molecule has 5 nitrogen and oxygen atoms in total. The number of carbonyl (C=O) groups is 2. The first-order valence-corrected chi connectivity index (χ1v) is 13.1. The maximum Gasteiger partial charge on any atom is 0.284 e. The molecule has 0 aromatic rings. The predicted octanol–water partition coefficient (Wildman–Crippen LogP) is 5.21. The minimum absolute atomic E-state index is 0.0109. The van der Waals surface area contributed by atoms with E-state index in [-0.39, 0.29) is 40.8 Å². The fourth-order valence-electron chi connectivity index (χ4n) is 8.57. The number of halogens is 1. The standard InChI is InChI=1S/C27H37ClO5/c1-6-26(31-7-2)32-15-22(30)27(33-26)16(3)12-20-19-9-8-17-13-18(29)10-11-24(17,4)23(19)21(28)14-25(20,27)5/h10-11,13,16,19-21,23H,6-9,12,14-15H2,1-5H3/t16-,19-,20-,21-,23+,24-,25-,26?,27-/m0/s1. The lowest BCUT2D eigenvalue weighted by Gasteiger charge is -2.61. The zero-order valence-corrected chi connectivity index (χ0v) is 21.2. The molecule has 182 valence electrons. The number of fused-ring (bicyclic) bond motifs is 6. The molecular weight excluding hydrogens is 440 g/mol. The topological polar surface area (TPSA) is 61.8 Å². The SMILES string of the molecule is CCOC1(CC)OCC(=O)[C@@]2(O1)[C@@H](C)C[C@H]1[C@@H]3CCC4=CC(=O)C=C[C@]4(C)[C@H]3[C@@H](Cl)C[C@@]12C. The number of rotatable bonds is 3. The van der Waals surface area contributed by atoms with Gasteiger partial charge in [-0.05, 0) is 68.4 Å². The molecule has 3 saturated carbocycles. The molecule has 5 aliphatic rings. The Hall–Kier alpha value is -1.01. The van der Waals surface area contributed by atoms with Crippen LogP contribution in [0.5, 0.6) is 0 Å². The van der Waals surface area contributed by atoms with Crippen LogP contribution >= 0.6 is 11.6 Å². The van der Waals surface area contributed by atoms with Crippen LogP contribution in [0.25, 0.3) is 0 Å². The Kier molecular flexibility index (Phi) is 5.57. The number of carbonyl (C=O) groups excluding carboxylic acids is 2. The number of hydrogen-bond acceptors (Lipinski definition) is 5.